The number of benzene rings is 4. The molecule has 4 aromatic rings. The van der Waals surface area contributed by atoms with Gasteiger partial charge in [-0.2, -0.15) is 0 Å². The molecule has 0 aromatic heterocycles. The zero-order valence-electron chi connectivity index (χ0n) is 28.0. The van der Waals surface area contributed by atoms with E-state index in [4.69, 9.17) is 18.9 Å². The minimum atomic E-state index is -1.13. The Balaban J connectivity index is 1.61. The number of hydrogen-bond acceptors (Lipinski definition) is 8. The van der Waals surface area contributed by atoms with Crippen molar-refractivity contribution in [1.82, 2.24) is 0 Å². The van der Waals surface area contributed by atoms with Gasteiger partial charge in [-0.1, -0.05) is 55.8 Å². The standard InChI is InChI=1S/C40H39NO8/c1-5-9-36-40(49-29-11-6-10-28(22-29)39(45)48-4,32-14-7-13-31-30(32)12-8-15-35(31)46-2)33-21-20-27(37(42)43)23-34(33)41(36)24-25-16-18-26(19-17-25)38(44)47-3/h6,8,10-12,14-23,36H,5,7,9,13,24H2,1-4H3,(H,42,43). The molecule has 0 saturated carbocycles. The minimum absolute atomic E-state index is 0.156. The number of allylic oxidation sites excluding steroid dienone is 1. The summed E-state index contributed by atoms with van der Waals surface area (Å²) in [5.74, 6) is -0.676. The molecule has 252 valence electrons. The average Bonchev–Trinajstić information content (AvgIpc) is 3.38. The van der Waals surface area contributed by atoms with Crippen molar-refractivity contribution >= 4 is 29.2 Å². The first-order valence-corrected chi connectivity index (χ1v) is 16.3. The number of esters is 2. The molecule has 6 rings (SSSR count). The lowest BCUT2D eigenvalue weighted by molar-refractivity contribution is 0.0590. The number of carbonyl (C=O) groups excluding carboxylic acids is 2. The molecule has 2 aliphatic rings. The summed E-state index contributed by atoms with van der Waals surface area (Å²) in [6.07, 6.45) is 5.24. The van der Waals surface area contributed by atoms with Gasteiger partial charge in [0.1, 0.15) is 11.5 Å². The van der Waals surface area contributed by atoms with Crippen LogP contribution >= 0.6 is 0 Å². The van der Waals surface area contributed by atoms with E-state index >= 15 is 0 Å². The number of rotatable bonds is 11. The Morgan fingerprint density at radius 3 is 2.27 bits per heavy atom. The highest BCUT2D eigenvalue weighted by Crippen LogP contribution is 2.57. The maximum atomic E-state index is 12.6. The SMILES string of the molecule is CCCC1N(Cc2ccc(C(=O)OC)cc2)c2cc(C(=O)O)ccc2C1(Oc1cccc(C(=O)OC)c1)C1=CCCc2c(OC)cccc21. The number of methoxy groups -OCH3 is 3. The Hall–Kier alpha value is -5.57. The summed E-state index contributed by atoms with van der Waals surface area (Å²) in [6, 6.07) is 25.1. The number of carboxylic acids is 1. The number of ether oxygens (including phenoxy) is 4. The maximum absolute atomic E-state index is 12.6. The van der Waals surface area contributed by atoms with Gasteiger partial charge in [0.2, 0.25) is 0 Å². The summed E-state index contributed by atoms with van der Waals surface area (Å²) in [5, 5.41) is 10.1. The van der Waals surface area contributed by atoms with Gasteiger partial charge >= 0.3 is 17.9 Å². The van der Waals surface area contributed by atoms with E-state index in [1.54, 1.807) is 49.6 Å². The van der Waals surface area contributed by atoms with E-state index in [1.807, 2.05) is 36.4 Å². The second-order valence-electron chi connectivity index (χ2n) is 12.2. The average molecular weight is 662 g/mol. The fourth-order valence-corrected chi connectivity index (χ4v) is 7.25. The number of carbonyl (C=O) groups is 3. The van der Waals surface area contributed by atoms with Crippen molar-refractivity contribution in [3.8, 4) is 11.5 Å². The largest absolute Gasteiger partial charge is 0.496 e. The van der Waals surface area contributed by atoms with Crippen LogP contribution in [0.3, 0.4) is 0 Å². The Labute approximate surface area is 285 Å². The van der Waals surface area contributed by atoms with E-state index in [0.717, 1.165) is 58.5 Å². The molecule has 0 bridgehead atoms. The summed E-state index contributed by atoms with van der Waals surface area (Å²) >= 11 is 0. The molecule has 9 nitrogen and oxygen atoms in total. The first-order chi connectivity index (χ1) is 23.7. The normalized spacial score (nSPS) is 17.8. The molecule has 2 unspecified atom stereocenters. The zero-order chi connectivity index (χ0) is 34.7. The van der Waals surface area contributed by atoms with Crippen molar-refractivity contribution in [2.75, 3.05) is 26.2 Å². The lowest BCUT2D eigenvalue weighted by Gasteiger charge is -2.43. The molecule has 1 aliphatic carbocycles. The van der Waals surface area contributed by atoms with Crippen LogP contribution in [0.25, 0.3) is 5.57 Å². The van der Waals surface area contributed by atoms with Crippen LogP contribution in [0.1, 0.15) is 79.5 Å². The predicted molar refractivity (Wildman–Crippen MR) is 185 cm³/mol. The number of nitrogens with zero attached hydrogens (tertiary/aromatic N) is 1. The molecule has 9 heteroatoms. The topological polar surface area (TPSA) is 112 Å². The third-order valence-electron chi connectivity index (χ3n) is 9.41. The summed E-state index contributed by atoms with van der Waals surface area (Å²) in [4.78, 5) is 39.4. The highest BCUT2D eigenvalue weighted by molar-refractivity contribution is 5.93. The molecule has 1 aliphatic heterocycles. The van der Waals surface area contributed by atoms with Crippen molar-refractivity contribution in [2.45, 2.75) is 50.8 Å². The van der Waals surface area contributed by atoms with Gasteiger partial charge in [-0.25, -0.2) is 14.4 Å². The van der Waals surface area contributed by atoms with Gasteiger partial charge in [0, 0.05) is 28.9 Å². The maximum Gasteiger partial charge on any atom is 0.337 e. The molecule has 2 atom stereocenters. The molecule has 0 saturated heterocycles. The fraction of sp³-hybridized carbons (Fsp3) is 0.275. The molecular formula is C40H39NO8. The summed E-state index contributed by atoms with van der Waals surface area (Å²) < 4.78 is 23.1. The predicted octanol–water partition coefficient (Wildman–Crippen LogP) is 7.46. The Morgan fingerprint density at radius 1 is 0.857 bits per heavy atom. The highest BCUT2D eigenvalue weighted by Gasteiger charge is 2.56. The van der Waals surface area contributed by atoms with E-state index < -0.39 is 23.5 Å². The third kappa shape index (κ3) is 6.01. The fourth-order valence-electron chi connectivity index (χ4n) is 7.25. The lowest BCUT2D eigenvalue weighted by atomic mass is 9.73. The van der Waals surface area contributed by atoms with Crippen LogP contribution in [0.2, 0.25) is 0 Å². The molecule has 49 heavy (non-hydrogen) atoms. The number of anilines is 1. The summed E-state index contributed by atoms with van der Waals surface area (Å²) in [5.41, 5.74) is 5.29. The number of hydrogen-bond donors (Lipinski definition) is 1. The van der Waals surface area contributed by atoms with Crippen LogP contribution in [0, 0.1) is 0 Å². The molecule has 1 N–H and O–H groups in total. The van der Waals surface area contributed by atoms with Crippen LogP contribution in [0.15, 0.2) is 91.0 Å². The second-order valence-corrected chi connectivity index (χ2v) is 12.2. The lowest BCUT2D eigenvalue weighted by Crippen LogP contribution is -2.49. The quantitative estimate of drug-likeness (QED) is 0.164. The smallest absolute Gasteiger partial charge is 0.337 e. The molecule has 0 fully saturated rings. The van der Waals surface area contributed by atoms with Crippen molar-refractivity contribution in [3.05, 3.63) is 130 Å². The highest BCUT2D eigenvalue weighted by atomic mass is 16.5. The first kappa shape index (κ1) is 33.3. The van der Waals surface area contributed by atoms with Gasteiger partial charge in [-0.15, -0.1) is 0 Å². The molecule has 4 aromatic carbocycles. The van der Waals surface area contributed by atoms with E-state index in [9.17, 15) is 19.5 Å². The zero-order valence-corrected chi connectivity index (χ0v) is 28.0. The van der Waals surface area contributed by atoms with E-state index in [-0.39, 0.29) is 11.6 Å². The minimum Gasteiger partial charge on any atom is -0.496 e. The monoisotopic (exact) mass is 661 g/mol. The van der Waals surface area contributed by atoms with Gasteiger partial charge in [0.25, 0.3) is 0 Å². The van der Waals surface area contributed by atoms with Crippen molar-refractivity contribution in [1.29, 1.82) is 0 Å². The Morgan fingerprint density at radius 2 is 1.57 bits per heavy atom. The third-order valence-corrected chi connectivity index (χ3v) is 9.41. The van der Waals surface area contributed by atoms with E-state index in [0.29, 0.717) is 29.8 Å². The molecule has 1 heterocycles. The molecule has 0 amide bonds. The first-order valence-electron chi connectivity index (χ1n) is 16.3. The molecular weight excluding hydrogens is 622 g/mol. The Bertz CT molecular complexity index is 1930. The molecule has 0 radical (unpaired) electrons. The molecule has 0 spiro atoms. The van der Waals surface area contributed by atoms with Gasteiger partial charge in [0.15, 0.2) is 5.60 Å². The van der Waals surface area contributed by atoms with Crippen LogP contribution in [-0.4, -0.2) is 50.4 Å². The number of aromatic carboxylic acids is 1. The van der Waals surface area contributed by atoms with Gasteiger partial charge in [0.05, 0.1) is 44.1 Å². The van der Waals surface area contributed by atoms with E-state index in [1.165, 1.54) is 14.2 Å². The van der Waals surface area contributed by atoms with Crippen LogP contribution in [0.4, 0.5) is 5.69 Å². The Kier molecular flexibility index (Phi) is 9.44. The van der Waals surface area contributed by atoms with Gasteiger partial charge < -0.3 is 29.0 Å². The van der Waals surface area contributed by atoms with Gasteiger partial charge in [-0.05, 0) is 78.9 Å². The second kappa shape index (κ2) is 13.9. The van der Waals surface area contributed by atoms with Crippen molar-refractivity contribution in [3.63, 3.8) is 0 Å². The van der Waals surface area contributed by atoms with Crippen molar-refractivity contribution < 1.29 is 38.4 Å². The van der Waals surface area contributed by atoms with Crippen LogP contribution in [0.5, 0.6) is 11.5 Å². The van der Waals surface area contributed by atoms with Crippen LogP contribution in [-0.2, 0) is 28.0 Å². The van der Waals surface area contributed by atoms with Crippen LogP contribution < -0.4 is 14.4 Å². The van der Waals surface area contributed by atoms with E-state index in [2.05, 4.69) is 24.0 Å². The van der Waals surface area contributed by atoms with Gasteiger partial charge in [-0.3, -0.25) is 0 Å². The van der Waals surface area contributed by atoms with Crippen molar-refractivity contribution in [2.24, 2.45) is 0 Å². The summed E-state index contributed by atoms with van der Waals surface area (Å²) in [6.45, 7) is 2.53. The number of fused-ring (bicyclic) bond motifs is 2. The number of carboxylic acid groups (broad SMARTS) is 1. The summed E-state index contributed by atoms with van der Waals surface area (Å²) in [7, 11) is 4.36.